The van der Waals surface area contributed by atoms with Crippen LogP contribution in [0.2, 0.25) is 0 Å². The average Bonchev–Trinajstić information content (AvgIpc) is 2.97. The van der Waals surface area contributed by atoms with E-state index in [2.05, 4.69) is 25.1 Å². The van der Waals surface area contributed by atoms with E-state index in [9.17, 15) is 0 Å². The third kappa shape index (κ3) is 6.04. The molecular formula is C17H26O4. The Balaban J connectivity index is 1.47. The molecule has 0 saturated carbocycles. The van der Waals surface area contributed by atoms with Gasteiger partial charge in [-0.25, -0.2) is 0 Å². The zero-order valence-corrected chi connectivity index (χ0v) is 12.9. The van der Waals surface area contributed by atoms with E-state index in [0.29, 0.717) is 33.0 Å². The van der Waals surface area contributed by atoms with Crippen LogP contribution in [0.1, 0.15) is 30.9 Å². The number of hydrogen-bond acceptors (Lipinski definition) is 4. The van der Waals surface area contributed by atoms with Gasteiger partial charge in [-0.1, -0.05) is 25.5 Å². The number of hydrogen-bond donors (Lipinski definition) is 0. The first-order valence-electron chi connectivity index (χ1n) is 7.88. The van der Waals surface area contributed by atoms with Crippen molar-refractivity contribution in [3.8, 4) is 5.75 Å². The molecule has 4 heteroatoms. The minimum Gasteiger partial charge on any atom is -0.493 e. The minimum absolute atomic E-state index is 0.604. The molecule has 4 nitrogen and oxygen atoms in total. The van der Waals surface area contributed by atoms with Gasteiger partial charge in [-0.15, -0.1) is 0 Å². The monoisotopic (exact) mass is 294 g/mol. The molecule has 2 rings (SSSR count). The van der Waals surface area contributed by atoms with Gasteiger partial charge in [0, 0.05) is 13.0 Å². The van der Waals surface area contributed by atoms with Crippen molar-refractivity contribution in [3.05, 3.63) is 29.3 Å². The SMILES string of the molecule is CCCCOCCOCCOCc1ccc2c(c1)OCC2. The van der Waals surface area contributed by atoms with Crippen molar-refractivity contribution in [2.24, 2.45) is 0 Å². The third-order valence-corrected chi connectivity index (χ3v) is 3.42. The summed E-state index contributed by atoms with van der Waals surface area (Å²) < 4.78 is 22.0. The molecule has 0 N–H and O–H groups in total. The van der Waals surface area contributed by atoms with Crippen molar-refractivity contribution < 1.29 is 18.9 Å². The third-order valence-electron chi connectivity index (χ3n) is 3.42. The lowest BCUT2D eigenvalue weighted by atomic mass is 10.1. The zero-order valence-electron chi connectivity index (χ0n) is 12.9. The standard InChI is InChI=1S/C17H26O4/c1-2-3-7-18-9-10-19-11-12-20-14-15-4-5-16-6-8-21-17(16)13-15/h4-5,13H,2-3,6-12,14H2,1H3. The largest absolute Gasteiger partial charge is 0.493 e. The van der Waals surface area contributed by atoms with Crippen LogP contribution in [0.3, 0.4) is 0 Å². The molecule has 21 heavy (non-hydrogen) atoms. The highest BCUT2D eigenvalue weighted by Crippen LogP contribution is 2.26. The van der Waals surface area contributed by atoms with Crippen LogP contribution in [0.4, 0.5) is 0 Å². The average molecular weight is 294 g/mol. The zero-order chi connectivity index (χ0) is 14.8. The quantitative estimate of drug-likeness (QED) is 0.588. The van der Waals surface area contributed by atoms with E-state index >= 15 is 0 Å². The Bertz CT molecular complexity index is 406. The van der Waals surface area contributed by atoms with Crippen LogP contribution in [0.5, 0.6) is 5.75 Å². The van der Waals surface area contributed by atoms with E-state index in [4.69, 9.17) is 18.9 Å². The van der Waals surface area contributed by atoms with Gasteiger partial charge in [-0.3, -0.25) is 0 Å². The lowest BCUT2D eigenvalue weighted by Crippen LogP contribution is -2.09. The summed E-state index contributed by atoms with van der Waals surface area (Å²) in [7, 11) is 0. The molecule has 1 aromatic carbocycles. The Morgan fingerprint density at radius 3 is 2.57 bits per heavy atom. The second-order valence-electron chi connectivity index (χ2n) is 5.17. The van der Waals surface area contributed by atoms with Crippen LogP contribution >= 0.6 is 0 Å². The second-order valence-corrected chi connectivity index (χ2v) is 5.17. The molecule has 0 unspecified atom stereocenters. The Morgan fingerprint density at radius 1 is 1.00 bits per heavy atom. The second kappa shape index (κ2) is 9.77. The highest BCUT2D eigenvalue weighted by molar-refractivity contribution is 5.39. The first kappa shape index (κ1) is 16.3. The number of fused-ring (bicyclic) bond motifs is 1. The van der Waals surface area contributed by atoms with Crippen LogP contribution in [-0.4, -0.2) is 39.6 Å². The van der Waals surface area contributed by atoms with Crippen molar-refractivity contribution in [2.45, 2.75) is 32.8 Å². The van der Waals surface area contributed by atoms with Gasteiger partial charge in [0.05, 0.1) is 39.6 Å². The first-order chi connectivity index (χ1) is 10.4. The predicted octanol–water partition coefficient (Wildman–Crippen LogP) is 2.97. The summed E-state index contributed by atoms with van der Waals surface area (Å²) in [6.07, 6.45) is 3.31. The smallest absolute Gasteiger partial charge is 0.122 e. The Morgan fingerprint density at radius 2 is 1.76 bits per heavy atom. The summed E-state index contributed by atoms with van der Waals surface area (Å²) in [5.74, 6) is 1.01. The maximum atomic E-state index is 5.60. The summed E-state index contributed by atoms with van der Waals surface area (Å²) >= 11 is 0. The Hall–Kier alpha value is -1.10. The number of benzene rings is 1. The number of rotatable bonds is 11. The van der Waals surface area contributed by atoms with E-state index < -0.39 is 0 Å². The lowest BCUT2D eigenvalue weighted by Gasteiger charge is -2.07. The molecule has 1 aliphatic heterocycles. The van der Waals surface area contributed by atoms with Crippen molar-refractivity contribution in [3.63, 3.8) is 0 Å². The van der Waals surface area contributed by atoms with Crippen LogP contribution < -0.4 is 4.74 Å². The normalized spacial score (nSPS) is 13.2. The summed E-state index contributed by atoms with van der Waals surface area (Å²) in [4.78, 5) is 0. The van der Waals surface area contributed by atoms with Crippen LogP contribution in [0.15, 0.2) is 18.2 Å². The van der Waals surface area contributed by atoms with E-state index in [1.54, 1.807) is 0 Å². The molecular weight excluding hydrogens is 268 g/mol. The predicted molar refractivity (Wildman–Crippen MR) is 81.8 cm³/mol. The van der Waals surface area contributed by atoms with E-state index in [0.717, 1.165) is 37.4 Å². The van der Waals surface area contributed by atoms with Gasteiger partial charge in [-0.2, -0.15) is 0 Å². The van der Waals surface area contributed by atoms with Crippen LogP contribution in [0, 0.1) is 0 Å². The fourth-order valence-electron chi connectivity index (χ4n) is 2.18. The molecule has 1 aromatic rings. The van der Waals surface area contributed by atoms with Gasteiger partial charge in [0.1, 0.15) is 5.75 Å². The highest BCUT2D eigenvalue weighted by Gasteiger charge is 2.11. The van der Waals surface area contributed by atoms with E-state index in [1.807, 2.05) is 0 Å². The summed E-state index contributed by atoms with van der Waals surface area (Å²) in [6.45, 7) is 6.91. The Labute approximate surface area is 127 Å². The molecule has 0 saturated heterocycles. The molecule has 1 heterocycles. The van der Waals surface area contributed by atoms with Crippen molar-refractivity contribution >= 4 is 0 Å². The van der Waals surface area contributed by atoms with Gasteiger partial charge in [0.2, 0.25) is 0 Å². The van der Waals surface area contributed by atoms with Gasteiger partial charge in [-0.05, 0) is 23.6 Å². The molecule has 0 atom stereocenters. The molecule has 0 aliphatic carbocycles. The molecule has 0 fully saturated rings. The summed E-state index contributed by atoms with van der Waals surface area (Å²) in [6, 6.07) is 6.31. The van der Waals surface area contributed by atoms with Gasteiger partial charge in [0.25, 0.3) is 0 Å². The molecule has 1 aliphatic rings. The van der Waals surface area contributed by atoms with Gasteiger partial charge >= 0.3 is 0 Å². The van der Waals surface area contributed by atoms with Crippen molar-refractivity contribution in [1.82, 2.24) is 0 Å². The highest BCUT2D eigenvalue weighted by atomic mass is 16.5. The van der Waals surface area contributed by atoms with Crippen LogP contribution in [0.25, 0.3) is 0 Å². The maximum absolute atomic E-state index is 5.60. The minimum atomic E-state index is 0.604. The van der Waals surface area contributed by atoms with Crippen LogP contribution in [-0.2, 0) is 27.2 Å². The van der Waals surface area contributed by atoms with Crippen molar-refractivity contribution in [1.29, 1.82) is 0 Å². The summed E-state index contributed by atoms with van der Waals surface area (Å²) in [5, 5.41) is 0. The molecule has 0 radical (unpaired) electrons. The molecule has 0 spiro atoms. The fraction of sp³-hybridized carbons (Fsp3) is 0.647. The fourth-order valence-corrected chi connectivity index (χ4v) is 2.18. The Kier molecular flexibility index (Phi) is 7.57. The molecule has 0 amide bonds. The molecule has 0 aromatic heterocycles. The molecule has 0 bridgehead atoms. The van der Waals surface area contributed by atoms with Gasteiger partial charge < -0.3 is 18.9 Å². The van der Waals surface area contributed by atoms with Crippen molar-refractivity contribution in [2.75, 3.05) is 39.6 Å². The van der Waals surface area contributed by atoms with Gasteiger partial charge in [0.15, 0.2) is 0 Å². The lowest BCUT2D eigenvalue weighted by molar-refractivity contribution is 0.0102. The number of unbranched alkanes of at least 4 members (excludes halogenated alkanes) is 1. The summed E-state index contributed by atoms with van der Waals surface area (Å²) in [5.41, 5.74) is 2.45. The maximum Gasteiger partial charge on any atom is 0.122 e. The topological polar surface area (TPSA) is 36.9 Å². The van der Waals surface area contributed by atoms with E-state index in [1.165, 1.54) is 12.0 Å². The van der Waals surface area contributed by atoms with E-state index in [-0.39, 0.29) is 0 Å². The number of ether oxygens (including phenoxy) is 4. The first-order valence-corrected chi connectivity index (χ1v) is 7.88. The molecule has 118 valence electrons.